The smallest absolute Gasteiger partial charge is 0.265 e. The van der Waals surface area contributed by atoms with Gasteiger partial charge in [-0.15, -0.1) is 0 Å². The van der Waals surface area contributed by atoms with Crippen molar-refractivity contribution in [2.45, 2.75) is 0 Å². The molecule has 0 fully saturated rings. The molecule has 0 unspecified atom stereocenters. The van der Waals surface area contributed by atoms with Gasteiger partial charge in [0, 0.05) is 11.8 Å². The molecule has 0 spiro atoms. The molecule has 1 amide bonds. The molecule has 1 heterocycles. The van der Waals surface area contributed by atoms with Crippen LogP contribution in [-0.2, 0) is 4.79 Å². The number of benzene rings is 3. The zero-order valence-corrected chi connectivity index (χ0v) is 17.9. The van der Waals surface area contributed by atoms with Crippen molar-refractivity contribution in [3.8, 4) is 40.3 Å². The minimum Gasteiger partial charge on any atom is -0.457 e. The van der Waals surface area contributed by atoms with Gasteiger partial charge < -0.3 is 20.5 Å². The number of carbonyl (C=O) groups is 1. The first-order valence-electron chi connectivity index (χ1n) is 10.2. The van der Waals surface area contributed by atoms with Crippen molar-refractivity contribution >= 4 is 17.4 Å². The number of amides is 1. The van der Waals surface area contributed by atoms with Crippen molar-refractivity contribution in [1.29, 1.82) is 5.26 Å². The Hall–Kier alpha value is -5.16. The maximum atomic E-state index is 11.9. The third-order valence-corrected chi connectivity index (χ3v) is 4.68. The van der Waals surface area contributed by atoms with Crippen LogP contribution in [0.15, 0.2) is 97.3 Å². The van der Waals surface area contributed by atoms with E-state index in [4.69, 9.17) is 20.5 Å². The summed E-state index contributed by atoms with van der Waals surface area (Å²) in [6.45, 7) is 3.40. The average molecular weight is 449 g/mol. The van der Waals surface area contributed by atoms with E-state index in [1.165, 1.54) is 6.33 Å². The number of anilines is 2. The van der Waals surface area contributed by atoms with Gasteiger partial charge in [-0.2, -0.15) is 5.26 Å². The molecule has 8 heteroatoms. The van der Waals surface area contributed by atoms with Crippen molar-refractivity contribution < 1.29 is 14.3 Å². The highest BCUT2D eigenvalue weighted by molar-refractivity contribution is 6.06. The van der Waals surface area contributed by atoms with Gasteiger partial charge in [-0.1, -0.05) is 43.0 Å². The lowest BCUT2D eigenvalue weighted by atomic mass is 10.1. The summed E-state index contributed by atoms with van der Waals surface area (Å²) in [4.78, 5) is 20.3. The van der Waals surface area contributed by atoms with Gasteiger partial charge in [0.1, 0.15) is 41.0 Å². The molecule has 0 aliphatic heterocycles. The van der Waals surface area contributed by atoms with Crippen molar-refractivity contribution in [1.82, 2.24) is 9.97 Å². The highest BCUT2D eigenvalue weighted by Crippen LogP contribution is 2.36. The molecule has 3 aromatic carbocycles. The molecule has 0 aliphatic rings. The molecule has 0 radical (unpaired) electrons. The second kappa shape index (κ2) is 9.97. The number of rotatable bonds is 7. The Morgan fingerprint density at radius 2 is 1.62 bits per heavy atom. The van der Waals surface area contributed by atoms with Crippen LogP contribution in [0.25, 0.3) is 11.1 Å². The molecule has 166 valence electrons. The van der Waals surface area contributed by atoms with E-state index < -0.39 is 5.91 Å². The van der Waals surface area contributed by atoms with Crippen molar-refractivity contribution in [3.05, 3.63) is 97.3 Å². The lowest BCUT2D eigenvalue weighted by molar-refractivity contribution is -0.112. The number of ether oxygens (including phenoxy) is 2. The molecule has 0 saturated carbocycles. The average Bonchev–Trinajstić information content (AvgIpc) is 2.85. The van der Waals surface area contributed by atoms with Gasteiger partial charge in [0.05, 0.1) is 5.56 Å². The Labute approximate surface area is 195 Å². The van der Waals surface area contributed by atoms with Crippen LogP contribution in [0.2, 0.25) is 0 Å². The third-order valence-electron chi connectivity index (χ3n) is 4.68. The van der Waals surface area contributed by atoms with Crippen LogP contribution in [0.4, 0.5) is 11.5 Å². The molecule has 8 nitrogen and oxygen atoms in total. The molecular formula is C26H19N5O3. The first kappa shape index (κ1) is 22.0. The maximum Gasteiger partial charge on any atom is 0.265 e. The largest absolute Gasteiger partial charge is 0.457 e. The monoisotopic (exact) mass is 449 g/mol. The predicted octanol–water partition coefficient (Wildman–Crippen LogP) is 5.33. The van der Waals surface area contributed by atoms with Crippen LogP contribution in [0.3, 0.4) is 0 Å². The Morgan fingerprint density at radius 3 is 2.35 bits per heavy atom. The van der Waals surface area contributed by atoms with Gasteiger partial charge in [-0.05, 0) is 42.0 Å². The van der Waals surface area contributed by atoms with E-state index in [1.807, 2.05) is 54.6 Å². The van der Waals surface area contributed by atoms with Crippen molar-refractivity contribution in [2.75, 3.05) is 11.1 Å². The zero-order chi connectivity index (χ0) is 23.9. The number of nitriles is 1. The Bertz CT molecular complexity index is 1380. The Balaban J connectivity index is 1.57. The van der Waals surface area contributed by atoms with Crippen LogP contribution in [0, 0.1) is 11.3 Å². The van der Waals surface area contributed by atoms with Gasteiger partial charge >= 0.3 is 0 Å². The first-order chi connectivity index (χ1) is 16.5. The summed E-state index contributed by atoms with van der Waals surface area (Å²) in [6.07, 6.45) is 1.31. The molecule has 4 aromatic rings. The van der Waals surface area contributed by atoms with E-state index in [2.05, 4.69) is 21.9 Å². The van der Waals surface area contributed by atoms with Crippen LogP contribution in [0.1, 0.15) is 0 Å². The topological polar surface area (TPSA) is 123 Å². The second-order valence-electron chi connectivity index (χ2n) is 7.05. The molecule has 4 rings (SSSR count). The van der Waals surface area contributed by atoms with Gasteiger partial charge in [0.15, 0.2) is 0 Å². The van der Waals surface area contributed by atoms with E-state index >= 15 is 0 Å². The quantitative estimate of drug-likeness (QED) is 0.289. The van der Waals surface area contributed by atoms with Crippen molar-refractivity contribution in [2.24, 2.45) is 0 Å². The van der Waals surface area contributed by atoms with Gasteiger partial charge in [-0.25, -0.2) is 9.97 Å². The summed E-state index contributed by atoms with van der Waals surface area (Å²) in [6, 6.07) is 25.1. The molecule has 0 aliphatic carbocycles. The molecule has 0 bridgehead atoms. The minimum atomic E-state index is -0.593. The molecule has 34 heavy (non-hydrogen) atoms. The van der Waals surface area contributed by atoms with Gasteiger partial charge in [0.2, 0.25) is 5.88 Å². The summed E-state index contributed by atoms with van der Waals surface area (Å²) < 4.78 is 11.8. The number of nitrogens with one attached hydrogen (secondary N) is 1. The number of nitrogens with zero attached hydrogens (tertiary/aromatic N) is 3. The van der Waals surface area contributed by atoms with E-state index in [9.17, 15) is 4.79 Å². The summed E-state index contributed by atoms with van der Waals surface area (Å²) in [5.41, 5.74) is 7.65. The summed E-state index contributed by atoms with van der Waals surface area (Å²) in [5, 5.41) is 11.4. The van der Waals surface area contributed by atoms with E-state index in [1.54, 1.807) is 30.3 Å². The highest BCUT2D eigenvalue weighted by atomic mass is 16.5. The first-order valence-corrected chi connectivity index (χ1v) is 10.2. The van der Waals surface area contributed by atoms with Gasteiger partial charge in [-0.3, -0.25) is 4.79 Å². The standard InChI is InChI=1S/C26H19N5O3/c1-17(15-27)25(32)31-19-6-5-9-22(14-19)34-26-23(24(28)29-16-30-26)18-10-12-21(13-11-18)33-20-7-3-2-4-8-20/h2-14,16H,1H2,(H,31,32)(H2,28,29,30). The molecule has 3 N–H and O–H groups in total. The van der Waals surface area contributed by atoms with Crippen LogP contribution in [0.5, 0.6) is 23.1 Å². The number of nitrogens with two attached hydrogens (primary N) is 1. The third kappa shape index (κ3) is 5.18. The maximum absolute atomic E-state index is 11.9. The fraction of sp³-hybridized carbons (Fsp3) is 0. The number of hydrogen-bond donors (Lipinski definition) is 2. The van der Waals surface area contributed by atoms with E-state index in [-0.39, 0.29) is 17.3 Å². The minimum absolute atomic E-state index is 0.197. The fourth-order valence-electron chi connectivity index (χ4n) is 3.05. The number of carbonyl (C=O) groups excluding carboxylic acids is 1. The SMILES string of the molecule is C=C(C#N)C(=O)Nc1cccc(Oc2ncnc(N)c2-c2ccc(Oc3ccccc3)cc2)c1. The van der Waals surface area contributed by atoms with Crippen LogP contribution < -0.4 is 20.5 Å². The van der Waals surface area contributed by atoms with Crippen LogP contribution >= 0.6 is 0 Å². The molecule has 0 saturated heterocycles. The number of nitrogen functional groups attached to an aromatic ring is 1. The predicted molar refractivity (Wildman–Crippen MR) is 128 cm³/mol. The number of aromatic nitrogens is 2. The Kier molecular flexibility index (Phi) is 6.47. The summed E-state index contributed by atoms with van der Waals surface area (Å²) >= 11 is 0. The van der Waals surface area contributed by atoms with Crippen LogP contribution in [-0.4, -0.2) is 15.9 Å². The van der Waals surface area contributed by atoms with Gasteiger partial charge in [0.25, 0.3) is 5.91 Å². The lowest BCUT2D eigenvalue weighted by Gasteiger charge is -2.13. The number of para-hydroxylation sites is 1. The fourth-order valence-corrected chi connectivity index (χ4v) is 3.05. The summed E-state index contributed by atoms with van der Waals surface area (Å²) in [5.74, 6) is 1.70. The molecule has 1 aromatic heterocycles. The molecule has 0 atom stereocenters. The number of hydrogen-bond acceptors (Lipinski definition) is 7. The van der Waals surface area contributed by atoms with Crippen molar-refractivity contribution in [3.63, 3.8) is 0 Å². The van der Waals surface area contributed by atoms with E-state index in [0.29, 0.717) is 22.7 Å². The summed E-state index contributed by atoms with van der Waals surface area (Å²) in [7, 11) is 0. The normalized spacial score (nSPS) is 10.1. The molecular weight excluding hydrogens is 430 g/mol. The zero-order valence-electron chi connectivity index (χ0n) is 17.9. The highest BCUT2D eigenvalue weighted by Gasteiger charge is 2.15. The second-order valence-corrected chi connectivity index (χ2v) is 7.05. The Morgan fingerprint density at radius 1 is 0.912 bits per heavy atom. The van der Waals surface area contributed by atoms with E-state index in [0.717, 1.165) is 11.3 Å². The lowest BCUT2D eigenvalue weighted by Crippen LogP contribution is -2.12.